The number of nitrogens with zero attached hydrogens (tertiary/aromatic N) is 1. The van der Waals surface area contributed by atoms with Gasteiger partial charge in [-0.3, -0.25) is 4.79 Å². The van der Waals surface area contributed by atoms with Crippen molar-refractivity contribution in [1.29, 1.82) is 0 Å². The van der Waals surface area contributed by atoms with E-state index >= 15 is 0 Å². The molecule has 1 aromatic rings. The van der Waals surface area contributed by atoms with Crippen molar-refractivity contribution in [3.05, 3.63) is 22.4 Å². The summed E-state index contributed by atoms with van der Waals surface area (Å²) in [5.74, 6) is -0.00619. The number of halogens is 1. The van der Waals surface area contributed by atoms with Crippen molar-refractivity contribution in [1.82, 2.24) is 9.88 Å². The summed E-state index contributed by atoms with van der Waals surface area (Å²) in [6.07, 6.45) is 2.36. The maximum absolute atomic E-state index is 12.0. The zero-order valence-electron chi connectivity index (χ0n) is 11.1. The Kier molecular flexibility index (Phi) is 5.88. The molecular formula is C13H21BrN2O2. The van der Waals surface area contributed by atoms with Crippen molar-refractivity contribution in [2.75, 3.05) is 6.54 Å². The van der Waals surface area contributed by atoms with E-state index in [0.29, 0.717) is 5.69 Å². The Morgan fingerprint density at radius 2 is 2.22 bits per heavy atom. The molecule has 0 aliphatic carbocycles. The van der Waals surface area contributed by atoms with Gasteiger partial charge in [-0.2, -0.15) is 0 Å². The van der Waals surface area contributed by atoms with E-state index in [1.807, 2.05) is 24.6 Å². The molecule has 5 heteroatoms. The molecule has 0 radical (unpaired) electrons. The second kappa shape index (κ2) is 6.95. The smallest absolute Gasteiger partial charge is 0.268 e. The highest BCUT2D eigenvalue weighted by Gasteiger charge is 2.15. The first kappa shape index (κ1) is 15.2. The molecule has 102 valence electrons. The maximum Gasteiger partial charge on any atom is 0.268 e. The van der Waals surface area contributed by atoms with Gasteiger partial charge in [0.2, 0.25) is 0 Å². The zero-order chi connectivity index (χ0) is 13.7. The molecule has 0 spiro atoms. The molecule has 1 heterocycles. The molecule has 0 aromatic carbocycles. The van der Waals surface area contributed by atoms with Gasteiger partial charge in [0.25, 0.3) is 5.91 Å². The molecule has 4 nitrogen and oxygen atoms in total. The number of carbonyl (C=O) groups excluding carboxylic acids is 1. The lowest BCUT2D eigenvalue weighted by molar-refractivity contribution is 0.0863. The van der Waals surface area contributed by atoms with E-state index in [2.05, 4.69) is 28.2 Å². The summed E-state index contributed by atoms with van der Waals surface area (Å²) in [7, 11) is 0. The number of nitrogens with one attached hydrogen (secondary N) is 1. The van der Waals surface area contributed by atoms with Gasteiger partial charge in [-0.25, -0.2) is 0 Å². The Labute approximate surface area is 117 Å². The number of hydrogen-bond acceptors (Lipinski definition) is 2. The fourth-order valence-electron chi connectivity index (χ4n) is 1.61. The summed E-state index contributed by atoms with van der Waals surface area (Å²) in [6.45, 7) is 7.00. The minimum absolute atomic E-state index is 0.138. The molecule has 0 bridgehead atoms. The standard InChI is InChI=1S/C13H21BrN2O2/c1-4-5-16-8-10(14)6-11(16)13(18)15-7-12(17)9(2)3/h6,8-9,12,17H,4-5,7H2,1-3H3,(H,15,18). The number of carbonyl (C=O) groups is 1. The molecule has 0 fully saturated rings. The number of aromatic nitrogens is 1. The van der Waals surface area contributed by atoms with Crippen LogP contribution < -0.4 is 5.32 Å². The van der Waals surface area contributed by atoms with Crippen LogP contribution in [-0.4, -0.2) is 28.2 Å². The highest BCUT2D eigenvalue weighted by molar-refractivity contribution is 9.10. The second-order valence-corrected chi connectivity index (χ2v) is 5.67. The van der Waals surface area contributed by atoms with Gasteiger partial charge < -0.3 is 15.0 Å². The monoisotopic (exact) mass is 316 g/mol. The fourth-order valence-corrected chi connectivity index (χ4v) is 2.08. The largest absolute Gasteiger partial charge is 0.391 e. The number of aliphatic hydroxyl groups excluding tert-OH is 1. The average molecular weight is 317 g/mol. The first-order valence-electron chi connectivity index (χ1n) is 6.27. The van der Waals surface area contributed by atoms with E-state index in [1.165, 1.54) is 0 Å². The minimum atomic E-state index is -0.507. The third kappa shape index (κ3) is 4.14. The van der Waals surface area contributed by atoms with Crippen molar-refractivity contribution in [2.24, 2.45) is 5.92 Å². The fraction of sp³-hybridized carbons (Fsp3) is 0.615. The third-order valence-electron chi connectivity index (χ3n) is 2.80. The van der Waals surface area contributed by atoms with Crippen LogP contribution in [0.15, 0.2) is 16.7 Å². The topological polar surface area (TPSA) is 54.3 Å². The lowest BCUT2D eigenvalue weighted by Crippen LogP contribution is -2.35. The van der Waals surface area contributed by atoms with Gasteiger partial charge in [-0.1, -0.05) is 20.8 Å². The predicted molar refractivity (Wildman–Crippen MR) is 75.6 cm³/mol. The van der Waals surface area contributed by atoms with Crippen molar-refractivity contribution in [2.45, 2.75) is 39.8 Å². The average Bonchev–Trinajstić information content (AvgIpc) is 2.67. The van der Waals surface area contributed by atoms with Crippen LogP contribution in [0.2, 0.25) is 0 Å². The van der Waals surface area contributed by atoms with Crippen LogP contribution in [-0.2, 0) is 6.54 Å². The molecule has 0 aliphatic heterocycles. The molecule has 0 saturated heterocycles. The van der Waals surface area contributed by atoms with E-state index in [1.54, 1.807) is 6.07 Å². The lowest BCUT2D eigenvalue weighted by atomic mass is 10.1. The van der Waals surface area contributed by atoms with E-state index in [-0.39, 0.29) is 18.4 Å². The SMILES string of the molecule is CCCn1cc(Br)cc1C(=O)NCC(O)C(C)C. The Morgan fingerprint density at radius 3 is 2.78 bits per heavy atom. The highest BCUT2D eigenvalue weighted by atomic mass is 79.9. The van der Waals surface area contributed by atoms with E-state index in [4.69, 9.17) is 0 Å². The second-order valence-electron chi connectivity index (χ2n) is 4.76. The molecule has 1 unspecified atom stereocenters. The van der Waals surface area contributed by atoms with Crippen LogP contribution >= 0.6 is 15.9 Å². The van der Waals surface area contributed by atoms with Gasteiger partial charge in [-0.15, -0.1) is 0 Å². The molecule has 1 rings (SSSR count). The zero-order valence-corrected chi connectivity index (χ0v) is 12.7. The van der Waals surface area contributed by atoms with E-state index in [0.717, 1.165) is 17.4 Å². The summed E-state index contributed by atoms with van der Waals surface area (Å²) < 4.78 is 2.81. The van der Waals surface area contributed by atoms with Gasteiger partial charge >= 0.3 is 0 Å². The summed E-state index contributed by atoms with van der Waals surface area (Å²) in [4.78, 5) is 12.0. The van der Waals surface area contributed by atoms with Gasteiger partial charge in [0.1, 0.15) is 5.69 Å². The Hall–Kier alpha value is -0.810. The van der Waals surface area contributed by atoms with Gasteiger partial charge in [0.05, 0.1) is 6.10 Å². The minimum Gasteiger partial charge on any atom is -0.391 e. The number of aryl methyl sites for hydroxylation is 1. The normalized spacial score (nSPS) is 12.8. The summed E-state index contributed by atoms with van der Waals surface area (Å²) in [6, 6.07) is 1.80. The van der Waals surface area contributed by atoms with Crippen LogP contribution in [0.25, 0.3) is 0 Å². The Bertz CT molecular complexity index is 402. The lowest BCUT2D eigenvalue weighted by Gasteiger charge is -2.15. The van der Waals surface area contributed by atoms with E-state index < -0.39 is 6.10 Å². The van der Waals surface area contributed by atoms with Crippen LogP contribution in [0.3, 0.4) is 0 Å². The summed E-state index contributed by atoms with van der Waals surface area (Å²) >= 11 is 3.37. The van der Waals surface area contributed by atoms with Gasteiger partial charge in [-0.05, 0) is 34.3 Å². The van der Waals surface area contributed by atoms with Crippen molar-refractivity contribution in [3.8, 4) is 0 Å². The quantitative estimate of drug-likeness (QED) is 0.846. The van der Waals surface area contributed by atoms with Crippen LogP contribution in [0.4, 0.5) is 0 Å². The van der Waals surface area contributed by atoms with Crippen molar-refractivity contribution < 1.29 is 9.90 Å². The first-order chi connectivity index (χ1) is 8.45. The number of hydrogen-bond donors (Lipinski definition) is 2. The molecule has 1 aromatic heterocycles. The van der Waals surface area contributed by atoms with Crippen molar-refractivity contribution in [3.63, 3.8) is 0 Å². The molecule has 0 saturated carbocycles. The Balaban J connectivity index is 2.66. The Morgan fingerprint density at radius 1 is 1.56 bits per heavy atom. The third-order valence-corrected chi connectivity index (χ3v) is 3.24. The number of aliphatic hydroxyl groups is 1. The van der Waals surface area contributed by atoms with Crippen LogP contribution in [0, 0.1) is 5.92 Å². The van der Waals surface area contributed by atoms with Crippen molar-refractivity contribution >= 4 is 21.8 Å². The first-order valence-corrected chi connectivity index (χ1v) is 7.07. The maximum atomic E-state index is 12.0. The summed E-state index contributed by atoms with van der Waals surface area (Å²) in [5.41, 5.74) is 0.625. The van der Waals surface area contributed by atoms with Crippen LogP contribution in [0.1, 0.15) is 37.7 Å². The molecule has 0 aliphatic rings. The van der Waals surface area contributed by atoms with Gasteiger partial charge in [0.15, 0.2) is 0 Å². The number of amides is 1. The molecule has 18 heavy (non-hydrogen) atoms. The summed E-state index contributed by atoms with van der Waals surface area (Å²) in [5, 5.41) is 12.4. The molecule has 2 N–H and O–H groups in total. The molecule has 1 atom stereocenters. The predicted octanol–water partition coefficient (Wildman–Crippen LogP) is 2.41. The molecular weight excluding hydrogens is 296 g/mol. The van der Waals surface area contributed by atoms with E-state index in [9.17, 15) is 9.90 Å². The number of rotatable bonds is 6. The van der Waals surface area contributed by atoms with Gasteiger partial charge in [0, 0.05) is 23.8 Å². The molecule has 1 amide bonds. The van der Waals surface area contributed by atoms with Crippen LogP contribution in [0.5, 0.6) is 0 Å². The highest BCUT2D eigenvalue weighted by Crippen LogP contribution is 2.15.